The van der Waals surface area contributed by atoms with E-state index in [0.29, 0.717) is 17.6 Å². The van der Waals surface area contributed by atoms with Crippen LogP contribution in [0.4, 0.5) is 8.78 Å². The van der Waals surface area contributed by atoms with Crippen molar-refractivity contribution >= 4 is 11.0 Å². The van der Waals surface area contributed by atoms with Crippen molar-refractivity contribution < 1.29 is 8.78 Å². The maximum Gasteiger partial charge on any atom is 0.278 e. The number of nitrogens with zero attached hydrogens (tertiary/aromatic N) is 3. The van der Waals surface area contributed by atoms with Gasteiger partial charge in [0.2, 0.25) is 0 Å². The van der Waals surface area contributed by atoms with Crippen molar-refractivity contribution in [2.75, 3.05) is 0 Å². The molecule has 3 heterocycles. The van der Waals surface area contributed by atoms with E-state index in [1.807, 2.05) is 12.1 Å². The van der Waals surface area contributed by atoms with Crippen molar-refractivity contribution in [2.24, 2.45) is 0 Å². The predicted octanol–water partition coefficient (Wildman–Crippen LogP) is 3.42. The summed E-state index contributed by atoms with van der Waals surface area (Å²) in [6.07, 6.45) is 0.723. The Hall–Kier alpha value is -2.30. The van der Waals surface area contributed by atoms with E-state index in [1.165, 1.54) is 10.6 Å². The molecule has 0 saturated heterocycles. The molecule has 0 spiro atoms. The van der Waals surface area contributed by atoms with E-state index in [4.69, 9.17) is 0 Å². The molecule has 3 aromatic heterocycles. The first kappa shape index (κ1) is 11.8. The molecule has 0 aliphatic heterocycles. The Morgan fingerprint density at radius 3 is 2.63 bits per heavy atom. The molecule has 0 aromatic carbocycles. The van der Waals surface area contributed by atoms with Crippen LogP contribution in [0.25, 0.3) is 11.0 Å². The molecule has 0 atom stereocenters. The van der Waals surface area contributed by atoms with Gasteiger partial charge in [-0.25, -0.2) is 13.8 Å². The highest BCUT2D eigenvalue weighted by atomic mass is 19.3. The molecule has 0 N–H and O–H groups in total. The number of halogens is 2. The summed E-state index contributed by atoms with van der Waals surface area (Å²) >= 11 is 0. The van der Waals surface area contributed by atoms with Gasteiger partial charge in [0.1, 0.15) is 5.65 Å². The van der Waals surface area contributed by atoms with Crippen LogP contribution in [0, 0.1) is 0 Å². The van der Waals surface area contributed by atoms with Crippen LogP contribution in [0.3, 0.4) is 0 Å². The Morgan fingerprint density at radius 1 is 1.05 bits per heavy atom. The van der Waals surface area contributed by atoms with Gasteiger partial charge in [-0.05, 0) is 30.3 Å². The van der Waals surface area contributed by atoms with Gasteiger partial charge in [-0.15, -0.1) is 0 Å². The molecular formula is C14H11F2N3. The van der Waals surface area contributed by atoms with Crippen molar-refractivity contribution in [3.05, 3.63) is 60.2 Å². The summed E-state index contributed by atoms with van der Waals surface area (Å²) < 4.78 is 27.7. The number of rotatable bonds is 3. The van der Waals surface area contributed by atoms with Crippen LogP contribution in [0.1, 0.15) is 17.8 Å². The van der Waals surface area contributed by atoms with Crippen molar-refractivity contribution in [1.82, 2.24) is 14.5 Å². The Balaban J connectivity index is 2.12. The molecule has 3 rings (SSSR count). The Bertz CT molecular complexity index is 692. The molecule has 3 nitrogen and oxygen atoms in total. The second-order valence-electron chi connectivity index (χ2n) is 4.19. The second-order valence-corrected chi connectivity index (χ2v) is 4.19. The topological polar surface area (TPSA) is 30.7 Å². The van der Waals surface area contributed by atoms with Gasteiger partial charge >= 0.3 is 0 Å². The molecule has 96 valence electrons. The van der Waals surface area contributed by atoms with Gasteiger partial charge in [0.05, 0.1) is 17.9 Å². The van der Waals surface area contributed by atoms with Crippen LogP contribution < -0.4 is 0 Å². The summed E-state index contributed by atoms with van der Waals surface area (Å²) in [5.74, 6) is 0. The molecule has 0 aliphatic carbocycles. The molecule has 0 fully saturated rings. The SMILES string of the molecule is FC(F)c1cc2cccnc2n1Cc1ccccn1. The van der Waals surface area contributed by atoms with Crippen molar-refractivity contribution in [1.29, 1.82) is 0 Å². The van der Waals surface area contributed by atoms with Crippen molar-refractivity contribution in [2.45, 2.75) is 13.0 Å². The molecule has 0 bridgehead atoms. The fraction of sp³-hybridized carbons (Fsp3) is 0.143. The van der Waals surface area contributed by atoms with E-state index in [0.717, 1.165) is 5.69 Å². The maximum absolute atomic E-state index is 13.1. The standard InChI is InChI=1S/C14H11F2N3/c15-13(16)12-8-10-4-3-7-18-14(10)19(12)9-11-5-1-2-6-17-11/h1-8,13H,9H2. The van der Waals surface area contributed by atoms with Crippen LogP contribution in [-0.2, 0) is 6.54 Å². The quantitative estimate of drug-likeness (QED) is 0.721. The maximum atomic E-state index is 13.1. The average molecular weight is 259 g/mol. The second kappa shape index (κ2) is 4.76. The first-order valence-corrected chi connectivity index (χ1v) is 5.88. The molecule has 19 heavy (non-hydrogen) atoms. The molecule has 0 aliphatic rings. The summed E-state index contributed by atoms with van der Waals surface area (Å²) in [6.45, 7) is 0.293. The zero-order valence-corrected chi connectivity index (χ0v) is 10.0. The van der Waals surface area contributed by atoms with E-state index < -0.39 is 6.43 Å². The van der Waals surface area contributed by atoms with Gasteiger partial charge in [-0.1, -0.05) is 6.07 Å². The van der Waals surface area contributed by atoms with Gasteiger partial charge in [-0.3, -0.25) is 4.98 Å². The number of hydrogen-bond donors (Lipinski definition) is 0. The highest BCUT2D eigenvalue weighted by molar-refractivity contribution is 5.77. The third-order valence-electron chi connectivity index (χ3n) is 2.96. The molecule has 0 amide bonds. The van der Waals surface area contributed by atoms with E-state index in [9.17, 15) is 8.78 Å². The fourth-order valence-corrected chi connectivity index (χ4v) is 2.11. The first-order chi connectivity index (χ1) is 9.25. The lowest BCUT2D eigenvalue weighted by Gasteiger charge is -2.08. The Labute approximate surface area is 108 Å². The smallest absolute Gasteiger partial charge is 0.278 e. The summed E-state index contributed by atoms with van der Waals surface area (Å²) in [6, 6.07) is 10.4. The van der Waals surface area contributed by atoms with Crippen LogP contribution in [-0.4, -0.2) is 14.5 Å². The number of hydrogen-bond acceptors (Lipinski definition) is 2. The zero-order chi connectivity index (χ0) is 13.2. The minimum absolute atomic E-state index is 0.0284. The van der Waals surface area contributed by atoms with E-state index in [-0.39, 0.29) is 5.69 Å². The third-order valence-corrected chi connectivity index (χ3v) is 2.96. The van der Waals surface area contributed by atoms with E-state index >= 15 is 0 Å². The Morgan fingerprint density at radius 2 is 1.89 bits per heavy atom. The number of fused-ring (bicyclic) bond motifs is 1. The average Bonchev–Trinajstić information content (AvgIpc) is 2.79. The largest absolute Gasteiger partial charge is 0.318 e. The molecular weight excluding hydrogens is 248 g/mol. The minimum Gasteiger partial charge on any atom is -0.318 e. The van der Waals surface area contributed by atoms with E-state index in [2.05, 4.69) is 9.97 Å². The fourth-order valence-electron chi connectivity index (χ4n) is 2.11. The monoisotopic (exact) mass is 259 g/mol. The lowest BCUT2D eigenvalue weighted by atomic mass is 10.3. The normalized spacial score (nSPS) is 11.3. The van der Waals surface area contributed by atoms with Crippen molar-refractivity contribution in [3.63, 3.8) is 0 Å². The first-order valence-electron chi connectivity index (χ1n) is 5.88. The van der Waals surface area contributed by atoms with Crippen LogP contribution >= 0.6 is 0 Å². The molecule has 3 aromatic rings. The summed E-state index contributed by atoms with van der Waals surface area (Å²) in [5, 5.41) is 0.716. The molecule has 0 radical (unpaired) electrons. The summed E-state index contributed by atoms with van der Waals surface area (Å²) in [5.41, 5.74) is 1.26. The highest BCUT2D eigenvalue weighted by Gasteiger charge is 2.17. The highest BCUT2D eigenvalue weighted by Crippen LogP contribution is 2.26. The van der Waals surface area contributed by atoms with Crippen molar-refractivity contribution in [3.8, 4) is 0 Å². The summed E-state index contributed by atoms with van der Waals surface area (Å²) in [4.78, 5) is 8.35. The number of pyridine rings is 2. The Kier molecular flexibility index (Phi) is 2.95. The third kappa shape index (κ3) is 2.19. The lowest BCUT2D eigenvalue weighted by Crippen LogP contribution is -2.06. The minimum atomic E-state index is -2.53. The lowest BCUT2D eigenvalue weighted by molar-refractivity contribution is 0.142. The molecule has 0 saturated carbocycles. The zero-order valence-electron chi connectivity index (χ0n) is 10.0. The van der Waals surface area contributed by atoms with Crippen LogP contribution in [0.15, 0.2) is 48.8 Å². The summed E-state index contributed by atoms with van der Waals surface area (Å²) in [7, 11) is 0. The molecule has 0 unspecified atom stereocenters. The van der Waals surface area contributed by atoms with E-state index in [1.54, 1.807) is 30.6 Å². The number of alkyl halides is 2. The van der Waals surface area contributed by atoms with Gasteiger partial charge in [0, 0.05) is 17.8 Å². The molecule has 5 heteroatoms. The van der Waals surface area contributed by atoms with Gasteiger partial charge < -0.3 is 4.57 Å². The predicted molar refractivity (Wildman–Crippen MR) is 68.0 cm³/mol. The number of aromatic nitrogens is 3. The van der Waals surface area contributed by atoms with Gasteiger partial charge in [-0.2, -0.15) is 0 Å². The van der Waals surface area contributed by atoms with Crippen LogP contribution in [0.2, 0.25) is 0 Å². The van der Waals surface area contributed by atoms with Gasteiger partial charge in [0.15, 0.2) is 0 Å². The van der Waals surface area contributed by atoms with Crippen LogP contribution in [0.5, 0.6) is 0 Å². The van der Waals surface area contributed by atoms with Gasteiger partial charge in [0.25, 0.3) is 6.43 Å².